The molecule has 3 aliphatic rings. The third-order valence-electron chi connectivity index (χ3n) is 6.60. The molecule has 0 aliphatic heterocycles. The molecule has 0 fully saturated rings. The molecule has 0 spiro atoms. The lowest BCUT2D eigenvalue weighted by Gasteiger charge is -2.53. The van der Waals surface area contributed by atoms with Crippen LogP contribution in [0.2, 0.25) is 0 Å². The first kappa shape index (κ1) is 23.5. The van der Waals surface area contributed by atoms with E-state index in [-0.39, 0.29) is 5.54 Å². The molecule has 0 N–H and O–H groups in total. The molecule has 0 amide bonds. The van der Waals surface area contributed by atoms with Crippen molar-refractivity contribution in [2.24, 2.45) is 5.92 Å². The molecule has 0 saturated heterocycles. The van der Waals surface area contributed by atoms with Crippen molar-refractivity contribution in [3.05, 3.63) is 59.8 Å². The SMILES string of the molecule is CCC(I)CN(CC(C)P)C(C1=CCCC=C1)(C1=CC=CCC1)[C@H]1C=CCCC1. The van der Waals surface area contributed by atoms with Crippen molar-refractivity contribution < 1.29 is 0 Å². The van der Waals surface area contributed by atoms with E-state index in [1.165, 1.54) is 51.4 Å². The monoisotopic (exact) mass is 523 g/mol. The molecule has 1 nitrogen and oxygen atoms in total. The van der Waals surface area contributed by atoms with Crippen LogP contribution < -0.4 is 0 Å². The molecule has 0 aromatic heterocycles. The maximum absolute atomic E-state index is 3.07. The number of allylic oxidation sites excluding steroid dienone is 6. The highest BCUT2D eigenvalue weighted by Gasteiger charge is 2.48. The normalized spacial score (nSPS) is 26.0. The standard InChI is InChI=1S/C26H39INP/c1-3-25(27)20-28(19-21(2)29)26(22-13-7-4-8-14-22,23-15-9-5-10-16-23)24-17-11-6-12-18-24/h4,7,9,11,13,15-17,21,24-25H,3,5-6,8,10,12,14,18-20,29H2,1-2H3/t21?,24-,25?,26?/m0/s1. The van der Waals surface area contributed by atoms with E-state index in [2.05, 4.69) is 99.2 Å². The van der Waals surface area contributed by atoms with Gasteiger partial charge in [-0.05, 0) is 68.2 Å². The van der Waals surface area contributed by atoms with Crippen LogP contribution in [0.3, 0.4) is 0 Å². The van der Waals surface area contributed by atoms with E-state index < -0.39 is 0 Å². The first-order chi connectivity index (χ1) is 14.1. The van der Waals surface area contributed by atoms with Gasteiger partial charge < -0.3 is 0 Å². The molecule has 0 heterocycles. The summed E-state index contributed by atoms with van der Waals surface area (Å²) >= 11 is 2.68. The average Bonchev–Trinajstić information content (AvgIpc) is 2.76. The van der Waals surface area contributed by atoms with Crippen LogP contribution in [0.5, 0.6) is 0 Å². The molecule has 4 unspecified atom stereocenters. The quantitative estimate of drug-likeness (QED) is 0.132. The average molecular weight is 523 g/mol. The lowest BCUT2D eigenvalue weighted by atomic mass is 9.65. The van der Waals surface area contributed by atoms with Crippen LogP contribution in [0.25, 0.3) is 0 Å². The Morgan fingerprint density at radius 2 is 2.03 bits per heavy atom. The Balaban J connectivity index is 2.19. The molecule has 0 radical (unpaired) electrons. The van der Waals surface area contributed by atoms with Crippen molar-refractivity contribution in [3.8, 4) is 0 Å². The summed E-state index contributed by atoms with van der Waals surface area (Å²) in [5, 5.41) is 0. The van der Waals surface area contributed by atoms with Gasteiger partial charge in [-0.2, -0.15) is 0 Å². The number of rotatable bonds is 9. The first-order valence-corrected chi connectivity index (χ1v) is 13.5. The van der Waals surface area contributed by atoms with E-state index in [1.54, 1.807) is 11.1 Å². The Morgan fingerprint density at radius 3 is 2.62 bits per heavy atom. The second kappa shape index (κ2) is 11.4. The van der Waals surface area contributed by atoms with Gasteiger partial charge in [-0.1, -0.05) is 85.0 Å². The molecule has 3 heteroatoms. The number of hydrogen-bond donors (Lipinski definition) is 0. The molecule has 0 aromatic rings. The summed E-state index contributed by atoms with van der Waals surface area (Å²) in [5.74, 6) is 0.562. The summed E-state index contributed by atoms with van der Waals surface area (Å²) < 4.78 is 0.677. The van der Waals surface area contributed by atoms with Gasteiger partial charge in [-0.25, -0.2) is 0 Å². The molecule has 0 saturated carbocycles. The zero-order valence-electron chi connectivity index (χ0n) is 18.3. The smallest absolute Gasteiger partial charge is 0.0739 e. The van der Waals surface area contributed by atoms with Gasteiger partial charge in [0, 0.05) is 22.9 Å². The number of nitrogens with zero attached hydrogens (tertiary/aromatic N) is 1. The minimum absolute atomic E-state index is 0.00201. The second-order valence-electron chi connectivity index (χ2n) is 8.92. The summed E-state index contributed by atoms with van der Waals surface area (Å²) in [4.78, 5) is 2.89. The zero-order chi connectivity index (χ0) is 20.7. The zero-order valence-corrected chi connectivity index (χ0v) is 21.6. The predicted molar refractivity (Wildman–Crippen MR) is 141 cm³/mol. The minimum atomic E-state index is 0.00201. The van der Waals surface area contributed by atoms with Crippen molar-refractivity contribution in [2.45, 2.75) is 80.3 Å². The van der Waals surface area contributed by atoms with Gasteiger partial charge >= 0.3 is 0 Å². The molecule has 0 aromatic carbocycles. The van der Waals surface area contributed by atoms with Crippen molar-refractivity contribution in [1.82, 2.24) is 4.90 Å². The van der Waals surface area contributed by atoms with Crippen molar-refractivity contribution in [3.63, 3.8) is 0 Å². The summed E-state index contributed by atoms with van der Waals surface area (Å²) in [7, 11) is 3.07. The van der Waals surface area contributed by atoms with Crippen molar-refractivity contribution in [1.29, 1.82) is 0 Å². The van der Waals surface area contributed by atoms with E-state index >= 15 is 0 Å². The topological polar surface area (TPSA) is 3.24 Å². The molecule has 0 bridgehead atoms. The highest BCUT2D eigenvalue weighted by molar-refractivity contribution is 14.1. The van der Waals surface area contributed by atoms with E-state index in [9.17, 15) is 0 Å². The van der Waals surface area contributed by atoms with Crippen molar-refractivity contribution in [2.75, 3.05) is 13.1 Å². The van der Waals surface area contributed by atoms with Gasteiger partial charge in [-0.15, -0.1) is 9.24 Å². The van der Waals surface area contributed by atoms with Crippen LogP contribution in [0, 0.1) is 5.92 Å². The maximum Gasteiger partial charge on any atom is 0.0739 e. The summed E-state index contributed by atoms with van der Waals surface area (Å²) in [6.07, 6.45) is 29.4. The molecule has 160 valence electrons. The molecule has 3 rings (SSSR count). The molecular weight excluding hydrogens is 484 g/mol. The lowest BCUT2D eigenvalue weighted by Crippen LogP contribution is -2.59. The Morgan fingerprint density at radius 1 is 1.17 bits per heavy atom. The van der Waals surface area contributed by atoms with Gasteiger partial charge in [0.1, 0.15) is 0 Å². The van der Waals surface area contributed by atoms with Gasteiger partial charge in [0.05, 0.1) is 5.54 Å². The second-order valence-corrected chi connectivity index (χ2v) is 11.8. The van der Waals surface area contributed by atoms with Gasteiger partial charge in [0.2, 0.25) is 0 Å². The van der Waals surface area contributed by atoms with Crippen LogP contribution in [0.1, 0.15) is 65.2 Å². The fourth-order valence-corrected chi connectivity index (χ4v) is 6.04. The van der Waals surface area contributed by atoms with E-state index in [0.29, 0.717) is 15.5 Å². The van der Waals surface area contributed by atoms with E-state index in [0.717, 1.165) is 13.1 Å². The summed E-state index contributed by atoms with van der Waals surface area (Å²) in [6, 6.07) is 0. The van der Waals surface area contributed by atoms with Crippen molar-refractivity contribution >= 4 is 31.8 Å². The van der Waals surface area contributed by atoms with E-state index in [4.69, 9.17) is 0 Å². The molecular formula is C26H39INP. The number of hydrogen-bond acceptors (Lipinski definition) is 1. The minimum Gasteiger partial charge on any atom is -0.288 e. The van der Waals surface area contributed by atoms with Crippen LogP contribution in [0.15, 0.2) is 59.8 Å². The highest BCUT2D eigenvalue weighted by atomic mass is 127. The molecule has 5 atom stereocenters. The number of alkyl halides is 1. The highest BCUT2D eigenvalue weighted by Crippen LogP contribution is 2.48. The Bertz CT molecular complexity index is 687. The fourth-order valence-electron chi connectivity index (χ4n) is 5.31. The van der Waals surface area contributed by atoms with Gasteiger partial charge in [0.25, 0.3) is 0 Å². The predicted octanol–water partition coefficient (Wildman–Crippen LogP) is 7.41. The summed E-state index contributed by atoms with van der Waals surface area (Å²) in [6.45, 7) is 6.98. The third-order valence-corrected chi connectivity index (χ3v) is 8.08. The maximum atomic E-state index is 3.07. The van der Waals surface area contributed by atoms with Crippen LogP contribution >= 0.6 is 31.8 Å². The molecule has 29 heavy (non-hydrogen) atoms. The number of halogens is 1. The van der Waals surface area contributed by atoms with Gasteiger partial charge in [-0.3, -0.25) is 4.90 Å². The lowest BCUT2D eigenvalue weighted by molar-refractivity contribution is 0.106. The Hall–Kier alpha value is -0.180. The van der Waals surface area contributed by atoms with Crippen LogP contribution in [-0.2, 0) is 0 Å². The first-order valence-electron chi connectivity index (χ1n) is 11.6. The van der Waals surface area contributed by atoms with Gasteiger partial charge in [0.15, 0.2) is 0 Å². The van der Waals surface area contributed by atoms with E-state index in [1.807, 2.05) is 0 Å². The third kappa shape index (κ3) is 5.55. The largest absolute Gasteiger partial charge is 0.288 e. The fraction of sp³-hybridized carbons (Fsp3) is 0.615. The van der Waals surface area contributed by atoms with Crippen LogP contribution in [0.4, 0.5) is 0 Å². The Kier molecular flexibility index (Phi) is 9.27. The summed E-state index contributed by atoms with van der Waals surface area (Å²) in [5.41, 5.74) is 3.78. The Labute approximate surface area is 195 Å². The van der Waals surface area contributed by atoms with Crippen LogP contribution in [-0.4, -0.2) is 33.1 Å². The molecule has 3 aliphatic carbocycles.